The van der Waals surface area contributed by atoms with Gasteiger partial charge in [-0.15, -0.1) is 11.3 Å². The minimum atomic E-state index is -0.481. The minimum Gasteiger partial charge on any atom is -0.444 e. The molecule has 0 saturated heterocycles. The van der Waals surface area contributed by atoms with Crippen LogP contribution in [-0.4, -0.2) is 60.8 Å². The molecule has 148 valence electrons. The van der Waals surface area contributed by atoms with Crippen molar-refractivity contribution in [1.82, 2.24) is 20.5 Å². The van der Waals surface area contributed by atoms with Crippen LogP contribution in [0.3, 0.4) is 0 Å². The number of rotatable bonds is 7. The van der Waals surface area contributed by atoms with E-state index in [9.17, 15) is 4.79 Å². The molecule has 1 aromatic rings. The summed E-state index contributed by atoms with van der Waals surface area (Å²) in [6, 6.07) is 0.0637. The van der Waals surface area contributed by atoms with Gasteiger partial charge in [-0.1, -0.05) is 0 Å². The first-order chi connectivity index (χ1) is 12.1. The fraction of sp³-hybridized carbons (Fsp3) is 0.722. The number of aromatic nitrogens is 1. The zero-order valence-corrected chi connectivity index (χ0v) is 17.9. The normalized spacial score (nSPS) is 13.3. The van der Waals surface area contributed by atoms with Crippen molar-refractivity contribution in [3.8, 4) is 0 Å². The summed E-state index contributed by atoms with van der Waals surface area (Å²) >= 11 is 1.72. The predicted octanol–water partition coefficient (Wildman–Crippen LogP) is 2.80. The van der Waals surface area contributed by atoms with E-state index in [4.69, 9.17) is 4.74 Å². The van der Waals surface area contributed by atoms with Gasteiger partial charge in [0.2, 0.25) is 0 Å². The highest BCUT2D eigenvalue weighted by atomic mass is 32.1. The van der Waals surface area contributed by atoms with Crippen molar-refractivity contribution in [3.63, 3.8) is 0 Å². The Morgan fingerprint density at radius 3 is 2.58 bits per heavy atom. The number of carbonyl (C=O) groups excluding carboxylic acids is 1. The van der Waals surface area contributed by atoms with Crippen molar-refractivity contribution in [2.75, 3.05) is 27.2 Å². The van der Waals surface area contributed by atoms with Gasteiger partial charge < -0.3 is 20.3 Å². The lowest BCUT2D eigenvalue weighted by molar-refractivity contribution is 0.0230. The summed E-state index contributed by atoms with van der Waals surface area (Å²) in [5.41, 5.74) is -0.481. The van der Waals surface area contributed by atoms with E-state index in [-0.39, 0.29) is 12.1 Å². The molecular formula is C18H33N5O2S. The monoisotopic (exact) mass is 383 g/mol. The van der Waals surface area contributed by atoms with Crippen LogP contribution in [0.15, 0.2) is 11.2 Å². The number of aliphatic imine (C=N–C) groups is 1. The van der Waals surface area contributed by atoms with E-state index in [1.807, 2.05) is 33.9 Å². The number of hydrogen-bond acceptors (Lipinski definition) is 5. The van der Waals surface area contributed by atoms with Crippen molar-refractivity contribution in [1.29, 1.82) is 0 Å². The molecule has 1 atom stereocenters. The van der Waals surface area contributed by atoms with Gasteiger partial charge in [-0.05, 0) is 41.0 Å². The summed E-state index contributed by atoms with van der Waals surface area (Å²) < 4.78 is 5.39. The zero-order valence-electron chi connectivity index (χ0n) is 17.0. The van der Waals surface area contributed by atoms with E-state index in [1.54, 1.807) is 30.3 Å². The van der Waals surface area contributed by atoms with Crippen molar-refractivity contribution in [2.45, 2.75) is 59.1 Å². The first-order valence-electron chi connectivity index (χ1n) is 8.94. The van der Waals surface area contributed by atoms with Crippen molar-refractivity contribution < 1.29 is 9.53 Å². The van der Waals surface area contributed by atoms with E-state index in [1.165, 1.54) is 4.88 Å². The van der Waals surface area contributed by atoms with Crippen LogP contribution in [-0.2, 0) is 11.2 Å². The molecule has 1 unspecified atom stereocenters. The quantitative estimate of drug-likeness (QED) is 0.559. The first kappa shape index (κ1) is 22.2. The smallest absolute Gasteiger partial charge is 0.410 e. The molecule has 26 heavy (non-hydrogen) atoms. The molecule has 8 heteroatoms. The lowest BCUT2D eigenvalue weighted by Crippen LogP contribution is -2.43. The van der Waals surface area contributed by atoms with Gasteiger partial charge in [-0.25, -0.2) is 9.78 Å². The molecule has 1 amide bonds. The summed E-state index contributed by atoms with van der Waals surface area (Å²) in [5, 5.41) is 7.68. The van der Waals surface area contributed by atoms with E-state index >= 15 is 0 Å². The van der Waals surface area contributed by atoms with Crippen LogP contribution in [0, 0.1) is 6.92 Å². The highest BCUT2D eigenvalue weighted by Crippen LogP contribution is 2.12. The van der Waals surface area contributed by atoms with Crippen LogP contribution < -0.4 is 10.6 Å². The van der Waals surface area contributed by atoms with Crippen molar-refractivity contribution in [3.05, 3.63) is 16.1 Å². The molecule has 0 saturated carbocycles. The lowest BCUT2D eigenvalue weighted by atomic mass is 10.2. The Balaban J connectivity index is 2.29. The van der Waals surface area contributed by atoms with Gasteiger partial charge in [0.25, 0.3) is 0 Å². The number of thiazole rings is 1. The zero-order chi connectivity index (χ0) is 19.7. The molecule has 1 heterocycles. The van der Waals surface area contributed by atoms with E-state index in [0.29, 0.717) is 6.54 Å². The Morgan fingerprint density at radius 1 is 1.38 bits per heavy atom. The molecule has 0 aliphatic rings. The van der Waals surface area contributed by atoms with E-state index < -0.39 is 5.60 Å². The Kier molecular flexibility index (Phi) is 8.84. The molecule has 1 aromatic heterocycles. The van der Waals surface area contributed by atoms with Gasteiger partial charge in [0.1, 0.15) is 5.60 Å². The predicted molar refractivity (Wildman–Crippen MR) is 108 cm³/mol. The number of ether oxygens (including phenoxy) is 1. The van der Waals surface area contributed by atoms with Gasteiger partial charge in [0, 0.05) is 50.7 Å². The van der Waals surface area contributed by atoms with Crippen LogP contribution in [0.2, 0.25) is 0 Å². The molecule has 1 rings (SSSR count). The van der Waals surface area contributed by atoms with Crippen LogP contribution in [0.5, 0.6) is 0 Å². The topological polar surface area (TPSA) is 78.9 Å². The summed E-state index contributed by atoms with van der Waals surface area (Å²) in [4.78, 5) is 23.5. The molecule has 0 bridgehead atoms. The molecule has 7 nitrogen and oxygen atoms in total. The minimum absolute atomic E-state index is 0.0637. The third-order valence-electron chi connectivity index (χ3n) is 3.72. The van der Waals surface area contributed by atoms with Crippen LogP contribution in [0.4, 0.5) is 4.79 Å². The maximum Gasteiger partial charge on any atom is 0.410 e. The van der Waals surface area contributed by atoms with E-state index in [2.05, 4.69) is 27.5 Å². The Morgan fingerprint density at radius 2 is 2.04 bits per heavy atom. The summed E-state index contributed by atoms with van der Waals surface area (Å²) in [5.74, 6) is 0.755. The second-order valence-corrected chi connectivity index (χ2v) is 8.59. The van der Waals surface area contributed by atoms with Crippen LogP contribution in [0.25, 0.3) is 0 Å². The fourth-order valence-electron chi connectivity index (χ4n) is 2.13. The third kappa shape index (κ3) is 8.51. The third-order valence-corrected chi connectivity index (χ3v) is 4.69. The molecule has 0 aromatic carbocycles. The molecule has 2 N–H and O–H groups in total. The molecule has 0 fully saturated rings. The highest BCUT2D eigenvalue weighted by molar-refractivity contribution is 7.11. The second-order valence-electron chi connectivity index (χ2n) is 7.27. The summed E-state index contributed by atoms with van der Waals surface area (Å²) in [7, 11) is 3.51. The molecule has 0 spiro atoms. The largest absolute Gasteiger partial charge is 0.444 e. The van der Waals surface area contributed by atoms with Crippen LogP contribution >= 0.6 is 11.3 Å². The van der Waals surface area contributed by atoms with Gasteiger partial charge >= 0.3 is 6.09 Å². The standard InChI is InChI=1S/C18H33N5O2S/c1-13(23(7)17(24)25-18(3,4)5)8-10-20-16(19-6)21-11-9-15-22-12-14(2)26-15/h12-13H,8-11H2,1-7H3,(H2,19,20,21). The number of nitrogens with zero attached hydrogens (tertiary/aromatic N) is 3. The second kappa shape index (κ2) is 10.4. The maximum atomic E-state index is 12.1. The summed E-state index contributed by atoms with van der Waals surface area (Å²) in [6.07, 6.45) is 3.26. The number of amides is 1. The highest BCUT2D eigenvalue weighted by Gasteiger charge is 2.22. The van der Waals surface area contributed by atoms with Gasteiger partial charge in [0.15, 0.2) is 5.96 Å². The van der Waals surface area contributed by atoms with Gasteiger partial charge in [0.05, 0.1) is 5.01 Å². The first-order valence-corrected chi connectivity index (χ1v) is 9.75. The Labute approximate surface area is 161 Å². The number of nitrogens with one attached hydrogen (secondary N) is 2. The van der Waals surface area contributed by atoms with Gasteiger partial charge in [-0.3, -0.25) is 4.99 Å². The molecule has 0 radical (unpaired) electrons. The molecule has 0 aliphatic carbocycles. The number of guanidine groups is 1. The summed E-state index contributed by atoms with van der Waals surface area (Å²) in [6.45, 7) is 11.2. The Hall–Kier alpha value is -1.83. The molecule has 0 aliphatic heterocycles. The van der Waals surface area contributed by atoms with Gasteiger partial charge in [-0.2, -0.15) is 0 Å². The number of carbonyl (C=O) groups is 1. The van der Waals surface area contributed by atoms with Crippen molar-refractivity contribution >= 4 is 23.4 Å². The average Bonchev–Trinajstić information content (AvgIpc) is 2.96. The van der Waals surface area contributed by atoms with Crippen LogP contribution in [0.1, 0.15) is 44.0 Å². The lowest BCUT2D eigenvalue weighted by Gasteiger charge is -2.28. The average molecular weight is 384 g/mol. The molecular weight excluding hydrogens is 350 g/mol. The van der Waals surface area contributed by atoms with Crippen molar-refractivity contribution in [2.24, 2.45) is 4.99 Å². The fourth-order valence-corrected chi connectivity index (χ4v) is 2.92. The number of hydrogen-bond donors (Lipinski definition) is 2. The Bertz CT molecular complexity index is 595. The maximum absolute atomic E-state index is 12.1. The number of aryl methyl sites for hydroxylation is 1. The van der Waals surface area contributed by atoms with E-state index in [0.717, 1.165) is 30.4 Å². The SMILES string of the molecule is CN=C(NCCc1ncc(C)s1)NCCC(C)N(C)C(=O)OC(C)(C)C.